The number of allylic oxidation sites excluding steroid dienone is 1. The molecule has 0 aliphatic carbocycles. The molecule has 0 fully saturated rings. The highest BCUT2D eigenvalue weighted by Gasteiger charge is 2.12. The van der Waals surface area contributed by atoms with Crippen LogP contribution < -0.4 is 19.5 Å². The van der Waals surface area contributed by atoms with Gasteiger partial charge in [0.1, 0.15) is 5.75 Å². The molecule has 2 rings (SSSR count). The van der Waals surface area contributed by atoms with E-state index in [1.165, 1.54) is 20.3 Å². The zero-order valence-electron chi connectivity index (χ0n) is 16.2. The number of benzene rings is 2. The van der Waals surface area contributed by atoms with Crippen molar-refractivity contribution in [3.63, 3.8) is 0 Å². The van der Waals surface area contributed by atoms with Gasteiger partial charge in [0.25, 0.3) is 5.91 Å². The van der Waals surface area contributed by atoms with E-state index in [1.807, 2.05) is 6.07 Å². The van der Waals surface area contributed by atoms with Gasteiger partial charge >= 0.3 is 5.97 Å². The summed E-state index contributed by atoms with van der Waals surface area (Å²) in [4.78, 5) is 23.8. The van der Waals surface area contributed by atoms with Gasteiger partial charge in [-0.2, -0.15) is 0 Å². The zero-order valence-corrected chi connectivity index (χ0v) is 17.0. The van der Waals surface area contributed by atoms with E-state index in [4.69, 9.17) is 30.5 Å². The number of methoxy groups -OCH3 is 2. The summed E-state index contributed by atoms with van der Waals surface area (Å²) >= 11 is 6.00. The number of anilines is 1. The Labute approximate surface area is 174 Å². The summed E-state index contributed by atoms with van der Waals surface area (Å²) in [6.45, 7) is 2.87. The average molecular weight is 420 g/mol. The van der Waals surface area contributed by atoms with Crippen LogP contribution in [0.25, 0.3) is 0 Å². The number of carbonyl (C=O) groups is 2. The summed E-state index contributed by atoms with van der Waals surface area (Å²) in [7, 11) is 3.00. The summed E-state index contributed by atoms with van der Waals surface area (Å²) < 4.78 is 20.6. The van der Waals surface area contributed by atoms with Crippen LogP contribution in [0, 0.1) is 0 Å². The maximum Gasteiger partial charge on any atom is 0.344 e. The van der Waals surface area contributed by atoms with E-state index in [-0.39, 0.29) is 6.61 Å². The van der Waals surface area contributed by atoms with Crippen LogP contribution in [0.4, 0.5) is 5.69 Å². The molecule has 0 unspecified atom stereocenters. The van der Waals surface area contributed by atoms with Gasteiger partial charge in [-0.25, -0.2) is 4.79 Å². The third-order valence-electron chi connectivity index (χ3n) is 3.75. The molecule has 0 aliphatic heterocycles. The number of halogens is 1. The van der Waals surface area contributed by atoms with Crippen molar-refractivity contribution in [2.24, 2.45) is 0 Å². The summed E-state index contributed by atoms with van der Waals surface area (Å²) in [5.41, 5.74) is 1.46. The van der Waals surface area contributed by atoms with Crippen LogP contribution in [0.15, 0.2) is 49.1 Å². The van der Waals surface area contributed by atoms with Crippen LogP contribution in [0.3, 0.4) is 0 Å². The second-order valence-electron chi connectivity index (χ2n) is 5.82. The van der Waals surface area contributed by atoms with Crippen molar-refractivity contribution in [1.82, 2.24) is 0 Å². The number of esters is 1. The molecule has 0 saturated carbocycles. The second kappa shape index (κ2) is 11.0. The van der Waals surface area contributed by atoms with Crippen LogP contribution in [0.5, 0.6) is 17.2 Å². The first-order valence-corrected chi connectivity index (χ1v) is 9.04. The maximum absolute atomic E-state index is 11.9. The van der Waals surface area contributed by atoms with E-state index in [9.17, 15) is 9.59 Å². The van der Waals surface area contributed by atoms with Crippen LogP contribution >= 0.6 is 11.6 Å². The molecule has 8 heteroatoms. The fraction of sp³-hybridized carbons (Fsp3) is 0.238. The normalized spacial score (nSPS) is 10.0. The van der Waals surface area contributed by atoms with Gasteiger partial charge in [-0.3, -0.25) is 4.79 Å². The van der Waals surface area contributed by atoms with Crippen molar-refractivity contribution in [3.8, 4) is 17.2 Å². The minimum atomic E-state index is -0.690. The van der Waals surface area contributed by atoms with E-state index in [0.29, 0.717) is 34.4 Å². The first kappa shape index (κ1) is 22.1. The number of nitrogens with one attached hydrogen (secondary N) is 1. The molecule has 1 amide bonds. The van der Waals surface area contributed by atoms with Gasteiger partial charge in [0, 0.05) is 5.69 Å². The van der Waals surface area contributed by atoms with Crippen LogP contribution in [-0.2, 0) is 20.7 Å². The highest BCUT2D eigenvalue weighted by atomic mass is 35.5. The van der Waals surface area contributed by atoms with E-state index < -0.39 is 18.5 Å². The van der Waals surface area contributed by atoms with Crippen molar-refractivity contribution in [3.05, 3.63) is 59.6 Å². The molecule has 29 heavy (non-hydrogen) atoms. The Balaban J connectivity index is 1.81. The zero-order chi connectivity index (χ0) is 21.2. The smallest absolute Gasteiger partial charge is 0.344 e. The minimum Gasteiger partial charge on any atom is -0.495 e. The number of hydrogen-bond donors (Lipinski definition) is 1. The lowest BCUT2D eigenvalue weighted by Gasteiger charge is -2.12. The summed E-state index contributed by atoms with van der Waals surface area (Å²) in [5.74, 6) is 0.179. The highest BCUT2D eigenvalue weighted by molar-refractivity contribution is 6.32. The van der Waals surface area contributed by atoms with Crippen LogP contribution in [-0.4, -0.2) is 39.3 Å². The quantitative estimate of drug-likeness (QED) is 0.467. The Morgan fingerprint density at radius 2 is 1.76 bits per heavy atom. The molecule has 2 aromatic rings. The van der Waals surface area contributed by atoms with Crippen molar-refractivity contribution in [2.75, 3.05) is 32.8 Å². The van der Waals surface area contributed by atoms with Gasteiger partial charge in [-0.15, -0.1) is 6.58 Å². The Morgan fingerprint density at radius 1 is 1.03 bits per heavy atom. The Bertz CT molecular complexity index is 883. The molecule has 0 saturated heterocycles. The fourth-order valence-electron chi connectivity index (χ4n) is 2.39. The van der Waals surface area contributed by atoms with Gasteiger partial charge in [0.2, 0.25) is 0 Å². The Morgan fingerprint density at radius 3 is 2.41 bits per heavy atom. The standard InChI is InChI=1S/C21H22ClNO6/c1-4-5-14-6-8-18(19(10-14)27-3)28-13-21(25)29-12-20(24)23-15-7-9-17(26-2)16(22)11-15/h4,6-11H,1,5,12-13H2,2-3H3,(H,23,24). The van der Waals surface area contributed by atoms with Crippen molar-refractivity contribution >= 4 is 29.2 Å². The predicted octanol–water partition coefficient (Wildman–Crippen LogP) is 3.65. The van der Waals surface area contributed by atoms with Gasteiger partial charge in [-0.1, -0.05) is 23.7 Å². The molecule has 0 radical (unpaired) electrons. The van der Waals surface area contributed by atoms with Crippen molar-refractivity contribution in [1.29, 1.82) is 0 Å². The summed E-state index contributed by atoms with van der Waals surface area (Å²) in [6, 6.07) is 10.1. The van der Waals surface area contributed by atoms with E-state index in [1.54, 1.807) is 30.3 Å². The van der Waals surface area contributed by atoms with Crippen LogP contribution in [0.2, 0.25) is 5.02 Å². The maximum atomic E-state index is 11.9. The van der Waals surface area contributed by atoms with Gasteiger partial charge in [0.15, 0.2) is 24.7 Å². The summed E-state index contributed by atoms with van der Waals surface area (Å²) in [6.07, 6.45) is 2.46. The van der Waals surface area contributed by atoms with E-state index >= 15 is 0 Å². The van der Waals surface area contributed by atoms with Gasteiger partial charge < -0.3 is 24.3 Å². The number of rotatable bonds is 10. The second-order valence-corrected chi connectivity index (χ2v) is 6.23. The molecule has 0 spiro atoms. The molecule has 7 nitrogen and oxygen atoms in total. The lowest BCUT2D eigenvalue weighted by atomic mass is 10.1. The first-order valence-electron chi connectivity index (χ1n) is 8.66. The molecule has 0 atom stereocenters. The first-order chi connectivity index (χ1) is 14.0. The minimum absolute atomic E-state index is 0.351. The molecule has 0 heterocycles. The SMILES string of the molecule is C=CCc1ccc(OCC(=O)OCC(=O)Nc2ccc(OC)c(Cl)c2)c(OC)c1. The Kier molecular flexibility index (Phi) is 8.36. The lowest BCUT2D eigenvalue weighted by molar-refractivity contribution is -0.149. The third kappa shape index (κ3) is 6.73. The van der Waals surface area contributed by atoms with Gasteiger partial charge in [-0.05, 0) is 42.3 Å². The number of hydrogen-bond acceptors (Lipinski definition) is 6. The average Bonchev–Trinajstić information content (AvgIpc) is 2.71. The molecule has 0 bridgehead atoms. The highest BCUT2D eigenvalue weighted by Crippen LogP contribution is 2.28. The topological polar surface area (TPSA) is 83.1 Å². The lowest BCUT2D eigenvalue weighted by Crippen LogP contribution is -2.23. The molecule has 154 valence electrons. The Hall–Kier alpha value is -3.19. The predicted molar refractivity (Wildman–Crippen MR) is 110 cm³/mol. The third-order valence-corrected chi connectivity index (χ3v) is 4.05. The number of amides is 1. The largest absolute Gasteiger partial charge is 0.495 e. The molecule has 1 N–H and O–H groups in total. The van der Waals surface area contributed by atoms with E-state index in [0.717, 1.165) is 5.56 Å². The molecule has 0 aromatic heterocycles. The van der Waals surface area contributed by atoms with Gasteiger partial charge in [0.05, 0.1) is 19.2 Å². The fourth-order valence-corrected chi connectivity index (χ4v) is 2.65. The van der Waals surface area contributed by atoms with E-state index in [2.05, 4.69) is 11.9 Å². The number of carbonyl (C=O) groups excluding carboxylic acids is 2. The van der Waals surface area contributed by atoms with Crippen molar-refractivity contribution < 1.29 is 28.5 Å². The molecular formula is C21H22ClNO6. The van der Waals surface area contributed by atoms with Crippen molar-refractivity contribution in [2.45, 2.75) is 6.42 Å². The molecule has 0 aliphatic rings. The van der Waals surface area contributed by atoms with Crippen LogP contribution in [0.1, 0.15) is 5.56 Å². The molecular weight excluding hydrogens is 398 g/mol. The molecule has 2 aromatic carbocycles. The summed E-state index contributed by atoms with van der Waals surface area (Å²) in [5, 5.41) is 2.93. The monoisotopic (exact) mass is 419 g/mol. The number of ether oxygens (including phenoxy) is 4.